The second-order valence-electron chi connectivity index (χ2n) is 15.8. The van der Waals surface area contributed by atoms with Crippen LogP contribution in [0.2, 0.25) is 0 Å². The summed E-state index contributed by atoms with van der Waals surface area (Å²) in [6.07, 6.45) is 7.79. The van der Waals surface area contributed by atoms with Crippen LogP contribution in [0, 0.1) is 0 Å². The molecule has 2 aliphatic rings. The summed E-state index contributed by atoms with van der Waals surface area (Å²) >= 11 is 0. The third kappa shape index (κ3) is 15.6. The Labute approximate surface area is 376 Å². The number of methoxy groups -OCH3 is 1. The van der Waals surface area contributed by atoms with Gasteiger partial charge in [0.2, 0.25) is 23.2 Å². The van der Waals surface area contributed by atoms with E-state index >= 15 is 0 Å². The number of fused-ring (bicyclic) bond motifs is 1. The minimum atomic E-state index is -1.31. The second kappa shape index (κ2) is 24.9. The number of aromatic nitrogens is 6. The van der Waals surface area contributed by atoms with Crippen molar-refractivity contribution in [3.05, 3.63) is 25.2 Å². The van der Waals surface area contributed by atoms with E-state index in [4.69, 9.17) is 24.2 Å². The highest BCUT2D eigenvalue weighted by Gasteiger charge is 2.36. The van der Waals surface area contributed by atoms with Crippen molar-refractivity contribution >= 4 is 58.3 Å². The zero-order chi connectivity index (χ0) is 46.9. The Morgan fingerprint density at radius 2 is 1.77 bits per heavy atom. The number of unbranched alkanes of at least 4 members (excludes halogenated alkanes) is 4. The van der Waals surface area contributed by atoms with Crippen molar-refractivity contribution in [3.63, 3.8) is 0 Å². The van der Waals surface area contributed by atoms with E-state index in [9.17, 15) is 28.4 Å². The molecule has 24 nitrogen and oxygen atoms in total. The molecule has 358 valence electrons. The molecule has 65 heavy (non-hydrogen) atoms. The van der Waals surface area contributed by atoms with Gasteiger partial charge < -0.3 is 35.5 Å². The van der Waals surface area contributed by atoms with Crippen molar-refractivity contribution in [2.45, 2.75) is 57.8 Å². The van der Waals surface area contributed by atoms with Gasteiger partial charge in [-0.2, -0.15) is 9.97 Å². The number of carbonyl (C=O) groups is 5. The zero-order valence-electron chi connectivity index (χ0n) is 37.8. The maximum absolute atomic E-state index is 14.9. The SMILES string of the molecule is C=CC(=O)N[C@@H]1CN(c2nc(Nc3cn(CCCCCCCNC(=O)CNCCN4CCN(C)CC(=O)ON(OC(=O)CN(C)CC)OC(=O)C4)nc3OC)c3ncn(C)c3n2)C[C@H]1F. The Bertz CT molecular complexity index is 2090. The van der Waals surface area contributed by atoms with Crippen LogP contribution < -0.4 is 30.9 Å². The standard InChI is InChI=1S/C40H62FN15O9/c1-7-31(57)45-29-22-54(21-28(29)41)40-47-37(36-38(48-40)52(5)27-44-36)46-30-23-55(49-39(30)62-6)16-13-11-9-10-12-14-43-32(58)20-42-15-17-53-19-18-51(4)25-34(60)64-56(65-35(61)26-53)63-33(59)24-50(3)8-2/h7,23,27-29,42H,1,8-22,24-26H2,2-6H3,(H,43,58)(H,45,57)(H,46,47,48)/t28-,29-/m1/s1. The number of hydrogen-bond donors (Lipinski definition) is 4. The molecule has 0 spiro atoms. The normalized spacial score (nSPS) is 18.0. The highest BCUT2D eigenvalue weighted by atomic mass is 19.1. The first-order valence-corrected chi connectivity index (χ1v) is 21.6. The van der Waals surface area contributed by atoms with Gasteiger partial charge in [0.15, 0.2) is 17.0 Å². The maximum Gasteiger partial charge on any atom is 0.346 e. The van der Waals surface area contributed by atoms with Crippen molar-refractivity contribution in [1.29, 1.82) is 0 Å². The lowest BCUT2D eigenvalue weighted by Gasteiger charge is -2.23. The topological polar surface area (TPSA) is 248 Å². The van der Waals surface area contributed by atoms with E-state index in [-0.39, 0.29) is 56.5 Å². The zero-order valence-corrected chi connectivity index (χ0v) is 37.8. The van der Waals surface area contributed by atoms with Crippen LogP contribution in [-0.2, 0) is 52.1 Å². The smallest absolute Gasteiger partial charge is 0.346 e. The van der Waals surface area contributed by atoms with Crippen LogP contribution in [0.1, 0.15) is 39.0 Å². The van der Waals surface area contributed by atoms with Gasteiger partial charge >= 0.3 is 17.9 Å². The fraction of sp³-hybridized carbons (Fsp3) is 0.625. The number of carbonyl (C=O) groups excluding carboxylic acids is 5. The van der Waals surface area contributed by atoms with Crippen LogP contribution in [0.25, 0.3) is 11.2 Å². The van der Waals surface area contributed by atoms with E-state index in [0.29, 0.717) is 74.4 Å². The number of nitrogens with zero attached hydrogens (tertiary/aromatic N) is 11. The Kier molecular flexibility index (Phi) is 19.1. The summed E-state index contributed by atoms with van der Waals surface area (Å²) < 4.78 is 24.0. The van der Waals surface area contributed by atoms with Gasteiger partial charge in [0, 0.05) is 52.9 Å². The number of aryl methyl sites for hydroxylation is 2. The minimum Gasteiger partial charge on any atom is -0.478 e. The maximum atomic E-state index is 14.9. The van der Waals surface area contributed by atoms with Gasteiger partial charge in [0.05, 0.1) is 58.4 Å². The molecule has 0 bridgehead atoms. The number of likely N-dealkylation sites (N-methyl/N-ethyl adjacent to an activating group) is 2. The average molecular weight is 916 g/mol. The largest absolute Gasteiger partial charge is 0.478 e. The predicted molar refractivity (Wildman–Crippen MR) is 234 cm³/mol. The first kappa shape index (κ1) is 50.0. The third-order valence-electron chi connectivity index (χ3n) is 10.6. The van der Waals surface area contributed by atoms with Gasteiger partial charge in [-0.05, 0) is 39.6 Å². The Morgan fingerprint density at radius 1 is 1.02 bits per heavy atom. The molecule has 0 unspecified atom stereocenters. The van der Waals surface area contributed by atoms with Crippen LogP contribution in [0.5, 0.6) is 5.88 Å². The molecule has 2 atom stereocenters. The highest BCUT2D eigenvalue weighted by Crippen LogP contribution is 2.31. The number of hydrogen-bond acceptors (Lipinski definition) is 20. The summed E-state index contributed by atoms with van der Waals surface area (Å²) in [5.74, 6) is -1.89. The number of nitrogens with one attached hydrogen (secondary N) is 4. The lowest BCUT2D eigenvalue weighted by atomic mass is 10.1. The summed E-state index contributed by atoms with van der Waals surface area (Å²) in [4.78, 5) is 97.2. The third-order valence-corrected chi connectivity index (χ3v) is 10.6. The molecule has 3 aromatic heterocycles. The molecular formula is C40H62FN15O9. The summed E-state index contributed by atoms with van der Waals surface area (Å²) in [5.41, 5.74) is 1.63. The Hall–Kier alpha value is -6.02. The predicted octanol–water partition coefficient (Wildman–Crippen LogP) is -0.327. The average Bonchev–Trinajstić information content (AvgIpc) is 3.96. The van der Waals surface area contributed by atoms with Crippen LogP contribution in [-0.4, -0.2) is 191 Å². The molecule has 2 aliphatic heterocycles. The van der Waals surface area contributed by atoms with Gasteiger partial charge in [0.1, 0.15) is 11.9 Å². The number of alkyl halides is 1. The van der Waals surface area contributed by atoms with E-state index in [2.05, 4.69) is 42.9 Å². The number of anilines is 3. The molecule has 25 heteroatoms. The molecule has 2 amide bonds. The van der Waals surface area contributed by atoms with Crippen LogP contribution in [0.15, 0.2) is 25.2 Å². The van der Waals surface area contributed by atoms with Gasteiger partial charge in [-0.1, -0.05) is 32.8 Å². The number of ether oxygens (including phenoxy) is 1. The lowest BCUT2D eigenvalue weighted by molar-refractivity contribution is -0.464. The minimum absolute atomic E-state index is 0.00589. The summed E-state index contributed by atoms with van der Waals surface area (Å²) in [6.45, 7) is 8.59. The number of imidazole rings is 1. The van der Waals surface area contributed by atoms with Crippen LogP contribution >= 0.6 is 0 Å². The molecule has 0 aliphatic carbocycles. The van der Waals surface area contributed by atoms with E-state index in [1.165, 1.54) is 7.11 Å². The van der Waals surface area contributed by atoms with Gasteiger partial charge in [-0.15, -0.1) is 5.10 Å². The first-order valence-electron chi connectivity index (χ1n) is 21.6. The molecular weight excluding hydrogens is 854 g/mol. The number of halogens is 1. The summed E-state index contributed by atoms with van der Waals surface area (Å²) in [5, 5.41) is 16.7. The summed E-state index contributed by atoms with van der Waals surface area (Å²) in [6, 6.07) is -0.730. The second-order valence-corrected chi connectivity index (χ2v) is 15.8. The first-order chi connectivity index (χ1) is 31.2. The molecule has 5 rings (SSSR count). The molecule has 0 saturated carbocycles. The van der Waals surface area contributed by atoms with Gasteiger partial charge in [-0.25, -0.2) is 23.8 Å². The molecule has 3 aromatic rings. The van der Waals surface area contributed by atoms with Crippen LogP contribution in [0.4, 0.5) is 21.8 Å². The molecule has 2 saturated heterocycles. The van der Waals surface area contributed by atoms with Crippen molar-refractivity contribution < 1.29 is 47.6 Å². The molecule has 0 radical (unpaired) electrons. The van der Waals surface area contributed by atoms with E-state index < -0.39 is 36.0 Å². The number of amides is 2. The Morgan fingerprint density at radius 3 is 2.52 bits per heavy atom. The van der Waals surface area contributed by atoms with Crippen molar-refractivity contribution in [2.75, 3.05) is 110 Å². The molecule has 2 fully saturated rings. The van der Waals surface area contributed by atoms with Gasteiger partial charge in [-0.3, -0.25) is 43.5 Å². The van der Waals surface area contributed by atoms with E-state index in [1.807, 2.05) is 13.1 Å². The van der Waals surface area contributed by atoms with Crippen molar-refractivity contribution in [3.8, 4) is 5.88 Å². The van der Waals surface area contributed by atoms with E-state index in [0.717, 1.165) is 38.2 Å². The van der Waals surface area contributed by atoms with Crippen molar-refractivity contribution in [1.82, 2.24) is 65.3 Å². The lowest BCUT2D eigenvalue weighted by Crippen LogP contribution is -2.43. The quantitative estimate of drug-likeness (QED) is 0.0703. The fourth-order valence-electron chi connectivity index (χ4n) is 6.86. The van der Waals surface area contributed by atoms with Crippen LogP contribution in [0.3, 0.4) is 0 Å². The number of rotatable bonds is 23. The highest BCUT2D eigenvalue weighted by molar-refractivity contribution is 5.88. The van der Waals surface area contributed by atoms with Gasteiger partial charge in [0.25, 0.3) is 5.88 Å². The molecule has 5 heterocycles. The Balaban J connectivity index is 0.986. The fourth-order valence-corrected chi connectivity index (χ4v) is 6.86. The van der Waals surface area contributed by atoms with Crippen molar-refractivity contribution in [2.24, 2.45) is 7.05 Å². The molecule has 0 aromatic carbocycles. The van der Waals surface area contributed by atoms with E-state index in [1.54, 1.807) is 56.3 Å². The molecule has 4 N–H and O–H groups in total. The monoisotopic (exact) mass is 915 g/mol. The summed E-state index contributed by atoms with van der Waals surface area (Å²) in [7, 11) is 6.76.